The van der Waals surface area contributed by atoms with Gasteiger partial charge in [-0.15, -0.1) is 0 Å². The van der Waals surface area contributed by atoms with E-state index in [1.807, 2.05) is 48.5 Å². The molecule has 0 saturated heterocycles. The van der Waals surface area contributed by atoms with Gasteiger partial charge in [-0.2, -0.15) is 0 Å². The van der Waals surface area contributed by atoms with E-state index in [2.05, 4.69) is 31.9 Å². The van der Waals surface area contributed by atoms with E-state index < -0.39 is 5.97 Å². The molecule has 0 spiro atoms. The molecule has 0 heterocycles. The van der Waals surface area contributed by atoms with Gasteiger partial charge in [-0.1, -0.05) is 56.1 Å². The third kappa shape index (κ3) is 3.78. The predicted octanol–water partition coefficient (Wildman–Crippen LogP) is 4.73. The summed E-state index contributed by atoms with van der Waals surface area (Å²) in [5.41, 5.74) is 2.39. The molecule has 0 atom stereocenters. The smallest absolute Gasteiger partial charge is 0.328 e. The third-order valence-electron chi connectivity index (χ3n) is 2.54. The Morgan fingerprint density at radius 1 is 0.947 bits per heavy atom. The van der Waals surface area contributed by atoms with Crippen LogP contribution < -0.4 is 0 Å². The van der Waals surface area contributed by atoms with E-state index in [4.69, 9.17) is 5.11 Å². The fourth-order valence-corrected chi connectivity index (χ4v) is 2.57. The topological polar surface area (TPSA) is 37.3 Å². The van der Waals surface area contributed by atoms with Gasteiger partial charge in [0.2, 0.25) is 0 Å². The van der Waals surface area contributed by atoms with Crippen molar-refractivity contribution in [3.8, 4) is 0 Å². The van der Waals surface area contributed by atoms with Gasteiger partial charge in [0.25, 0.3) is 0 Å². The number of hydrogen-bond acceptors (Lipinski definition) is 1. The molecule has 96 valence electrons. The largest absolute Gasteiger partial charge is 0.478 e. The highest BCUT2D eigenvalue weighted by Crippen LogP contribution is 2.27. The first-order chi connectivity index (χ1) is 9.06. The van der Waals surface area contributed by atoms with E-state index in [1.54, 1.807) is 0 Å². The molecule has 2 nitrogen and oxygen atoms in total. The van der Waals surface area contributed by atoms with Crippen LogP contribution in [0.2, 0.25) is 0 Å². The minimum absolute atomic E-state index is 0.676. The summed E-state index contributed by atoms with van der Waals surface area (Å²) in [5.74, 6) is -0.963. The zero-order valence-corrected chi connectivity index (χ0v) is 13.0. The van der Waals surface area contributed by atoms with E-state index in [0.29, 0.717) is 5.57 Å². The number of halogens is 2. The highest BCUT2D eigenvalue weighted by molar-refractivity contribution is 9.10. The minimum atomic E-state index is -0.963. The van der Waals surface area contributed by atoms with Gasteiger partial charge in [0, 0.05) is 15.0 Å². The lowest BCUT2D eigenvalue weighted by molar-refractivity contribution is -0.131. The van der Waals surface area contributed by atoms with E-state index in [-0.39, 0.29) is 0 Å². The Balaban J connectivity index is 2.57. The first-order valence-corrected chi connectivity index (χ1v) is 7.11. The van der Waals surface area contributed by atoms with E-state index >= 15 is 0 Å². The van der Waals surface area contributed by atoms with Crippen molar-refractivity contribution < 1.29 is 9.90 Å². The van der Waals surface area contributed by atoms with Crippen LogP contribution in [0, 0.1) is 0 Å². The number of carboxylic acid groups (broad SMARTS) is 1. The predicted molar refractivity (Wildman–Crippen MR) is 83.0 cm³/mol. The average molecular weight is 382 g/mol. The Labute approximate surface area is 128 Å². The fraction of sp³-hybridized carbons (Fsp3) is 0. The monoisotopic (exact) mass is 380 g/mol. The van der Waals surface area contributed by atoms with Gasteiger partial charge in [-0.25, -0.2) is 4.79 Å². The number of carbonyl (C=O) groups is 1. The second-order valence-electron chi connectivity index (χ2n) is 3.92. The van der Waals surface area contributed by atoms with Crippen LogP contribution in [0.15, 0.2) is 63.6 Å². The summed E-state index contributed by atoms with van der Waals surface area (Å²) in [7, 11) is 0. The molecule has 2 aromatic rings. The molecule has 2 aromatic carbocycles. The zero-order chi connectivity index (χ0) is 13.8. The molecule has 2 rings (SSSR count). The maximum atomic E-state index is 11.0. The fourth-order valence-electron chi connectivity index (χ4n) is 1.77. The van der Waals surface area contributed by atoms with Crippen LogP contribution in [0.1, 0.15) is 11.1 Å². The molecular weight excluding hydrogens is 372 g/mol. The van der Waals surface area contributed by atoms with E-state index in [1.165, 1.54) is 6.08 Å². The molecule has 0 unspecified atom stereocenters. The summed E-state index contributed by atoms with van der Waals surface area (Å²) in [6, 6.07) is 15.2. The quantitative estimate of drug-likeness (QED) is 0.780. The Morgan fingerprint density at radius 2 is 1.42 bits per heavy atom. The van der Waals surface area contributed by atoms with Crippen LogP contribution in [-0.4, -0.2) is 11.1 Å². The standard InChI is InChI=1S/C15H10Br2O2/c16-12-5-1-3-10(7-12)14(9-15(18)19)11-4-2-6-13(17)8-11/h1-9H,(H,18,19). The highest BCUT2D eigenvalue weighted by Gasteiger charge is 2.08. The van der Waals surface area contributed by atoms with Crippen molar-refractivity contribution in [2.45, 2.75) is 0 Å². The molecule has 0 aromatic heterocycles. The molecule has 0 amide bonds. The Hall–Kier alpha value is -1.39. The van der Waals surface area contributed by atoms with Crippen molar-refractivity contribution in [1.82, 2.24) is 0 Å². The molecule has 0 saturated carbocycles. The van der Waals surface area contributed by atoms with Gasteiger partial charge in [0.05, 0.1) is 0 Å². The second kappa shape index (κ2) is 6.17. The number of benzene rings is 2. The lowest BCUT2D eigenvalue weighted by Crippen LogP contribution is -1.95. The molecule has 0 radical (unpaired) electrons. The molecular formula is C15H10Br2O2. The van der Waals surface area contributed by atoms with Gasteiger partial charge < -0.3 is 5.11 Å². The van der Waals surface area contributed by atoms with Gasteiger partial charge in [-0.3, -0.25) is 0 Å². The molecule has 0 aliphatic carbocycles. The lowest BCUT2D eigenvalue weighted by Gasteiger charge is -2.08. The summed E-state index contributed by atoms with van der Waals surface area (Å²) in [5, 5.41) is 9.05. The average Bonchev–Trinajstić information content (AvgIpc) is 2.35. The van der Waals surface area contributed by atoms with Crippen LogP contribution in [0.25, 0.3) is 5.57 Å². The van der Waals surface area contributed by atoms with Crippen molar-refractivity contribution >= 4 is 43.4 Å². The van der Waals surface area contributed by atoms with Crippen LogP contribution >= 0.6 is 31.9 Å². The Bertz CT molecular complexity index is 601. The van der Waals surface area contributed by atoms with E-state index in [9.17, 15) is 4.79 Å². The summed E-state index contributed by atoms with van der Waals surface area (Å²) < 4.78 is 1.83. The Kier molecular flexibility index (Phi) is 4.56. The summed E-state index contributed by atoms with van der Waals surface area (Å²) in [6.45, 7) is 0. The summed E-state index contributed by atoms with van der Waals surface area (Å²) in [6.07, 6.45) is 1.23. The zero-order valence-electron chi connectivity index (χ0n) is 9.81. The van der Waals surface area contributed by atoms with Crippen LogP contribution in [-0.2, 0) is 4.79 Å². The van der Waals surface area contributed by atoms with E-state index in [0.717, 1.165) is 20.1 Å². The maximum Gasteiger partial charge on any atom is 0.328 e. The lowest BCUT2D eigenvalue weighted by atomic mass is 9.98. The molecule has 4 heteroatoms. The van der Waals surface area contributed by atoms with Crippen molar-refractivity contribution in [3.05, 3.63) is 74.7 Å². The van der Waals surface area contributed by atoms with Crippen molar-refractivity contribution in [2.75, 3.05) is 0 Å². The number of carboxylic acids is 1. The minimum Gasteiger partial charge on any atom is -0.478 e. The summed E-state index contributed by atoms with van der Waals surface area (Å²) in [4.78, 5) is 11.0. The van der Waals surface area contributed by atoms with Gasteiger partial charge >= 0.3 is 5.97 Å². The molecule has 0 fully saturated rings. The molecule has 1 N–H and O–H groups in total. The number of hydrogen-bond donors (Lipinski definition) is 1. The molecule has 0 bridgehead atoms. The first kappa shape index (κ1) is 14.0. The number of aliphatic carboxylic acids is 1. The second-order valence-corrected chi connectivity index (χ2v) is 5.75. The molecule has 19 heavy (non-hydrogen) atoms. The van der Waals surface area contributed by atoms with Gasteiger partial charge in [0.1, 0.15) is 0 Å². The molecule has 0 aliphatic rings. The van der Waals surface area contributed by atoms with Crippen molar-refractivity contribution in [3.63, 3.8) is 0 Å². The first-order valence-electron chi connectivity index (χ1n) is 5.53. The molecule has 0 aliphatic heterocycles. The third-order valence-corrected chi connectivity index (χ3v) is 3.53. The van der Waals surface area contributed by atoms with Gasteiger partial charge in [0.15, 0.2) is 0 Å². The van der Waals surface area contributed by atoms with Crippen LogP contribution in [0.4, 0.5) is 0 Å². The highest BCUT2D eigenvalue weighted by atomic mass is 79.9. The normalized spacial score (nSPS) is 10.0. The van der Waals surface area contributed by atoms with Crippen LogP contribution in [0.3, 0.4) is 0 Å². The number of rotatable bonds is 3. The summed E-state index contributed by atoms with van der Waals surface area (Å²) >= 11 is 6.80. The SMILES string of the molecule is O=C(O)C=C(c1cccc(Br)c1)c1cccc(Br)c1. The van der Waals surface area contributed by atoms with Gasteiger partial charge in [-0.05, 0) is 41.0 Å². The maximum absolute atomic E-state index is 11.0. The van der Waals surface area contributed by atoms with Crippen LogP contribution in [0.5, 0.6) is 0 Å². The van der Waals surface area contributed by atoms with Crippen molar-refractivity contribution in [2.24, 2.45) is 0 Å². The Morgan fingerprint density at radius 3 is 1.79 bits per heavy atom. The van der Waals surface area contributed by atoms with Crippen molar-refractivity contribution in [1.29, 1.82) is 0 Å².